The third-order valence-electron chi connectivity index (χ3n) is 2.84. The molecule has 0 saturated carbocycles. The largest absolute Gasteiger partial charge is 0.380 e. The summed E-state index contributed by atoms with van der Waals surface area (Å²) in [6, 6.07) is 11.4. The summed E-state index contributed by atoms with van der Waals surface area (Å²) in [6.07, 6.45) is 0. The van der Waals surface area contributed by atoms with E-state index in [0.717, 1.165) is 15.7 Å². The third kappa shape index (κ3) is 3.10. The maximum Gasteiger partial charge on any atom is 0.126 e. The standard InChI is InChI=1S/C15H15BrFN/c1-10-3-6-15(13(16)7-10)18-9-12-5-4-11(2)14(17)8-12/h3-8,18H,9H2,1-2H3. The van der Waals surface area contributed by atoms with Crippen LogP contribution in [0.1, 0.15) is 16.7 Å². The molecule has 2 aromatic carbocycles. The minimum atomic E-state index is -0.155. The molecular weight excluding hydrogens is 293 g/mol. The zero-order valence-corrected chi connectivity index (χ0v) is 12.0. The highest BCUT2D eigenvalue weighted by molar-refractivity contribution is 9.10. The molecule has 3 heteroatoms. The molecule has 2 rings (SSSR count). The van der Waals surface area contributed by atoms with Gasteiger partial charge < -0.3 is 5.32 Å². The maximum absolute atomic E-state index is 13.4. The fourth-order valence-corrected chi connectivity index (χ4v) is 2.34. The van der Waals surface area contributed by atoms with E-state index < -0.39 is 0 Å². The van der Waals surface area contributed by atoms with Gasteiger partial charge >= 0.3 is 0 Å². The maximum atomic E-state index is 13.4. The van der Waals surface area contributed by atoms with Gasteiger partial charge in [0.15, 0.2) is 0 Å². The number of rotatable bonds is 3. The fraction of sp³-hybridized carbons (Fsp3) is 0.200. The lowest BCUT2D eigenvalue weighted by atomic mass is 10.1. The van der Waals surface area contributed by atoms with E-state index in [1.54, 1.807) is 19.1 Å². The Kier molecular flexibility index (Phi) is 4.02. The Morgan fingerprint density at radius 3 is 2.56 bits per heavy atom. The van der Waals surface area contributed by atoms with Gasteiger partial charge in [-0.15, -0.1) is 0 Å². The average Bonchev–Trinajstić information content (AvgIpc) is 2.32. The predicted molar refractivity (Wildman–Crippen MR) is 77.3 cm³/mol. The van der Waals surface area contributed by atoms with Crippen molar-refractivity contribution in [1.82, 2.24) is 0 Å². The number of benzene rings is 2. The summed E-state index contributed by atoms with van der Waals surface area (Å²) in [5, 5.41) is 3.29. The van der Waals surface area contributed by atoms with E-state index in [1.165, 1.54) is 5.56 Å². The molecule has 0 aliphatic heterocycles. The summed E-state index contributed by atoms with van der Waals surface area (Å²) in [5.41, 5.74) is 3.83. The Bertz CT molecular complexity index is 566. The summed E-state index contributed by atoms with van der Waals surface area (Å²) in [5.74, 6) is -0.155. The highest BCUT2D eigenvalue weighted by Crippen LogP contribution is 2.24. The zero-order valence-electron chi connectivity index (χ0n) is 10.4. The smallest absolute Gasteiger partial charge is 0.126 e. The van der Waals surface area contributed by atoms with Crippen molar-refractivity contribution in [3.8, 4) is 0 Å². The summed E-state index contributed by atoms with van der Waals surface area (Å²) in [6.45, 7) is 4.42. The number of nitrogens with one attached hydrogen (secondary N) is 1. The lowest BCUT2D eigenvalue weighted by Gasteiger charge is -2.10. The summed E-state index contributed by atoms with van der Waals surface area (Å²) in [4.78, 5) is 0. The second kappa shape index (κ2) is 5.53. The SMILES string of the molecule is Cc1ccc(NCc2ccc(C)c(F)c2)c(Br)c1. The van der Waals surface area contributed by atoms with Gasteiger partial charge in [-0.25, -0.2) is 4.39 Å². The van der Waals surface area contributed by atoms with Crippen molar-refractivity contribution in [1.29, 1.82) is 0 Å². The van der Waals surface area contributed by atoms with E-state index in [1.807, 2.05) is 25.1 Å². The van der Waals surface area contributed by atoms with Gasteiger partial charge in [-0.3, -0.25) is 0 Å². The van der Waals surface area contributed by atoms with Crippen LogP contribution in [0.5, 0.6) is 0 Å². The highest BCUT2D eigenvalue weighted by atomic mass is 79.9. The molecule has 0 aliphatic carbocycles. The van der Waals surface area contributed by atoms with Crippen molar-refractivity contribution in [2.45, 2.75) is 20.4 Å². The lowest BCUT2D eigenvalue weighted by molar-refractivity contribution is 0.616. The summed E-state index contributed by atoms with van der Waals surface area (Å²) in [7, 11) is 0. The van der Waals surface area contributed by atoms with Crippen molar-refractivity contribution in [3.63, 3.8) is 0 Å². The van der Waals surface area contributed by atoms with Gasteiger partial charge in [0.25, 0.3) is 0 Å². The van der Waals surface area contributed by atoms with Crippen LogP contribution in [0.25, 0.3) is 0 Å². The van der Waals surface area contributed by atoms with Crippen LogP contribution < -0.4 is 5.32 Å². The minimum Gasteiger partial charge on any atom is -0.380 e. The van der Waals surface area contributed by atoms with Crippen LogP contribution in [-0.4, -0.2) is 0 Å². The Morgan fingerprint density at radius 2 is 1.89 bits per heavy atom. The van der Waals surface area contributed by atoms with E-state index in [0.29, 0.717) is 12.1 Å². The van der Waals surface area contributed by atoms with Crippen molar-refractivity contribution in [2.24, 2.45) is 0 Å². The van der Waals surface area contributed by atoms with Gasteiger partial charge in [-0.2, -0.15) is 0 Å². The molecule has 0 unspecified atom stereocenters. The Labute approximate surface area is 115 Å². The van der Waals surface area contributed by atoms with Crippen LogP contribution in [0.15, 0.2) is 40.9 Å². The van der Waals surface area contributed by atoms with Crippen molar-refractivity contribution in [3.05, 3.63) is 63.4 Å². The molecule has 0 saturated heterocycles. The van der Waals surface area contributed by atoms with Crippen LogP contribution >= 0.6 is 15.9 Å². The van der Waals surface area contributed by atoms with E-state index in [4.69, 9.17) is 0 Å². The second-order valence-electron chi connectivity index (χ2n) is 4.42. The molecule has 0 aromatic heterocycles. The molecule has 0 spiro atoms. The average molecular weight is 308 g/mol. The number of hydrogen-bond donors (Lipinski definition) is 1. The Hall–Kier alpha value is -1.35. The molecule has 0 bridgehead atoms. The van der Waals surface area contributed by atoms with Crippen LogP contribution in [0.4, 0.5) is 10.1 Å². The van der Waals surface area contributed by atoms with Gasteiger partial charge in [-0.1, -0.05) is 18.2 Å². The first-order valence-corrected chi connectivity index (χ1v) is 6.60. The van der Waals surface area contributed by atoms with Gasteiger partial charge in [0.05, 0.1) is 0 Å². The van der Waals surface area contributed by atoms with Gasteiger partial charge in [0, 0.05) is 16.7 Å². The first kappa shape index (κ1) is 13.1. The number of halogens is 2. The molecule has 1 N–H and O–H groups in total. The van der Waals surface area contributed by atoms with Crippen LogP contribution in [0.2, 0.25) is 0 Å². The Morgan fingerprint density at radius 1 is 1.11 bits per heavy atom. The molecule has 18 heavy (non-hydrogen) atoms. The molecule has 0 fully saturated rings. The van der Waals surface area contributed by atoms with Gasteiger partial charge in [0.2, 0.25) is 0 Å². The highest BCUT2D eigenvalue weighted by Gasteiger charge is 2.02. The number of aryl methyl sites for hydroxylation is 2. The van der Waals surface area contributed by atoms with Crippen molar-refractivity contribution >= 4 is 21.6 Å². The molecule has 0 radical (unpaired) electrons. The zero-order chi connectivity index (χ0) is 13.1. The van der Waals surface area contributed by atoms with E-state index in [2.05, 4.69) is 27.3 Å². The first-order valence-electron chi connectivity index (χ1n) is 5.81. The number of hydrogen-bond acceptors (Lipinski definition) is 1. The Balaban J connectivity index is 2.09. The normalized spacial score (nSPS) is 10.4. The van der Waals surface area contributed by atoms with E-state index in [-0.39, 0.29) is 5.82 Å². The summed E-state index contributed by atoms with van der Waals surface area (Å²) >= 11 is 3.51. The third-order valence-corrected chi connectivity index (χ3v) is 3.50. The lowest BCUT2D eigenvalue weighted by Crippen LogP contribution is -2.01. The van der Waals surface area contributed by atoms with Crippen molar-refractivity contribution < 1.29 is 4.39 Å². The molecule has 94 valence electrons. The van der Waals surface area contributed by atoms with Crippen LogP contribution in [-0.2, 0) is 6.54 Å². The molecule has 2 aromatic rings. The summed E-state index contributed by atoms with van der Waals surface area (Å²) < 4.78 is 14.4. The quantitative estimate of drug-likeness (QED) is 0.857. The van der Waals surface area contributed by atoms with E-state index in [9.17, 15) is 4.39 Å². The van der Waals surface area contributed by atoms with Crippen molar-refractivity contribution in [2.75, 3.05) is 5.32 Å². The topological polar surface area (TPSA) is 12.0 Å². The molecular formula is C15H15BrFN. The molecule has 0 atom stereocenters. The van der Waals surface area contributed by atoms with Gasteiger partial charge in [0.1, 0.15) is 5.82 Å². The van der Waals surface area contributed by atoms with E-state index >= 15 is 0 Å². The second-order valence-corrected chi connectivity index (χ2v) is 5.27. The van der Waals surface area contributed by atoms with Crippen LogP contribution in [0.3, 0.4) is 0 Å². The number of anilines is 1. The van der Waals surface area contributed by atoms with Gasteiger partial charge in [-0.05, 0) is 64.7 Å². The molecule has 1 nitrogen and oxygen atoms in total. The first-order chi connectivity index (χ1) is 8.56. The fourth-order valence-electron chi connectivity index (χ4n) is 1.71. The molecule has 0 amide bonds. The molecule has 0 aliphatic rings. The molecule has 0 heterocycles. The minimum absolute atomic E-state index is 0.155. The monoisotopic (exact) mass is 307 g/mol. The van der Waals surface area contributed by atoms with Crippen LogP contribution in [0, 0.1) is 19.7 Å². The predicted octanol–water partition coefficient (Wildman–Crippen LogP) is 4.82.